The van der Waals surface area contributed by atoms with Crippen molar-refractivity contribution in [2.45, 2.75) is 13.0 Å². The molecule has 4 aromatic rings. The van der Waals surface area contributed by atoms with Crippen LogP contribution >= 0.6 is 0 Å². The van der Waals surface area contributed by atoms with Gasteiger partial charge >= 0.3 is 0 Å². The number of hydrogen-bond donors (Lipinski definition) is 2. The van der Waals surface area contributed by atoms with Crippen LogP contribution in [-0.2, 0) is 4.79 Å². The molecule has 0 fully saturated rings. The topological polar surface area (TPSA) is 90.3 Å². The van der Waals surface area contributed by atoms with E-state index >= 15 is 0 Å². The van der Waals surface area contributed by atoms with Crippen molar-refractivity contribution in [2.75, 3.05) is 24.9 Å². The van der Waals surface area contributed by atoms with E-state index in [1.54, 1.807) is 18.9 Å². The second kappa shape index (κ2) is 9.34. The summed E-state index contributed by atoms with van der Waals surface area (Å²) in [5.74, 6) is 2.31. The summed E-state index contributed by atoms with van der Waals surface area (Å²) in [4.78, 5) is 18.3. The van der Waals surface area contributed by atoms with Gasteiger partial charge in [0.05, 0.1) is 19.8 Å². The van der Waals surface area contributed by atoms with E-state index in [-0.39, 0.29) is 5.91 Å². The third-order valence-electron chi connectivity index (χ3n) is 5.89. The fourth-order valence-corrected chi connectivity index (χ4v) is 4.14. The third kappa shape index (κ3) is 4.33. The van der Waals surface area contributed by atoms with Gasteiger partial charge in [-0.2, -0.15) is 4.98 Å². The molecule has 1 atom stereocenters. The van der Waals surface area contributed by atoms with Crippen molar-refractivity contribution in [1.29, 1.82) is 0 Å². The maximum absolute atomic E-state index is 13.5. The van der Waals surface area contributed by atoms with Crippen molar-refractivity contribution in [3.8, 4) is 22.9 Å². The first-order valence-corrected chi connectivity index (χ1v) is 11.2. The lowest BCUT2D eigenvalue weighted by molar-refractivity contribution is -0.113. The highest BCUT2D eigenvalue weighted by molar-refractivity contribution is 6.06. The molecule has 2 N–H and O–H groups in total. The Morgan fingerprint density at radius 2 is 1.69 bits per heavy atom. The van der Waals surface area contributed by atoms with Gasteiger partial charge in [-0.1, -0.05) is 42.5 Å². The number of anilines is 2. The predicted molar refractivity (Wildman–Crippen MR) is 135 cm³/mol. The number of rotatable bonds is 6. The molecular formula is C27H25N5O3. The number of methoxy groups -OCH3 is 2. The Kier molecular flexibility index (Phi) is 5.93. The second-order valence-corrected chi connectivity index (χ2v) is 8.10. The molecule has 0 saturated heterocycles. The Labute approximate surface area is 203 Å². The molecule has 8 nitrogen and oxygen atoms in total. The fraction of sp³-hybridized carbons (Fsp3) is 0.148. The summed E-state index contributed by atoms with van der Waals surface area (Å²) in [5, 5.41) is 11.1. The first-order valence-electron chi connectivity index (χ1n) is 11.2. The summed E-state index contributed by atoms with van der Waals surface area (Å²) in [7, 11) is 3.25. The number of aromatic nitrogens is 3. The Balaban J connectivity index is 1.60. The third-order valence-corrected chi connectivity index (χ3v) is 5.89. The van der Waals surface area contributed by atoms with Crippen molar-refractivity contribution >= 4 is 17.5 Å². The van der Waals surface area contributed by atoms with Gasteiger partial charge in [0.25, 0.3) is 5.91 Å². The lowest BCUT2D eigenvalue weighted by atomic mass is 9.95. The molecule has 5 rings (SSSR count). The minimum Gasteiger partial charge on any atom is -0.497 e. The number of ether oxygens (including phenoxy) is 2. The Bertz CT molecular complexity index is 1390. The molecule has 176 valence electrons. The highest BCUT2D eigenvalue weighted by Crippen LogP contribution is 2.37. The smallest absolute Gasteiger partial charge is 0.255 e. The van der Waals surface area contributed by atoms with Gasteiger partial charge in [0.15, 0.2) is 5.82 Å². The average molecular weight is 468 g/mol. The largest absolute Gasteiger partial charge is 0.497 e. The number of benzene rings is 3. The summed E-state index contributed by atoms with van der Waals surface area (Å²) in [6.45, 7) is 1.87. The van der Waals surface area contributed by atoms with Crippen LogP contribution in [0.2, 0.25) is 0 Å². The van der Waals surface area contributed by atoms with E-state index in [4.69, 9.17) is 19.6 Å². The number of amides is 1. The molecule has 0 spiro atoms. The first kappa shape index (κ1) is 22.2. The molecule has 1 aliphatic heterocycles. The molecule has 8 heteroatoms. The normalized spacial score (nSPS) is 14.7. The van der Waals surface area contributed by atoms with Crippen LogP contribution in [0.15, 0.2) is 90.1 Å². The molecule has 0 aliphatic carbocycles. The SMILES string of the molecule is COc1ccc(C2C(C(=O)Nc3ccccc3)=C(C)Nc3nc(-c4cccc(OC)c4)nn32)cc1. The van der Waals surface area contributed by atoms with Gasteiger partial charge in [0, 0.05) is 16.9 Å². The molecule has 1 aliphatic rings. The van der Waals surface area contributed by atoms with Gasteiger partial charge in [-0.3, -0.25) is 4.79 Å². The minimum atomic E-state index is -0.493. The lowest BCUT2D eigenvalue weighted by Crippen LogP contribution is -2.31. The Morgan fingerprint density at radius 1 is 0.943 bits per heavy atom. The second-order valence-electron chi connectivity index (χ2n) is 8.10. The van der Waals surface area contributed by atoms with Crippen molar-refractivity contribution < 1.29 is 14.3 Å². The quantitative estimate of drug-likeness (QED) is 0.420. The summed E-state index contributed by atoms with van der Waals surface area (Å²) < 4.78 is 12.4. The van der Waals surface area contributed by atoms with Crippen LogP contribution in [0.1, 0.15) is 18.5 Å². The Hall–Kier alpha value is -4.59. The van der Waals surface area contributed by atoms with E-state index in [9.17, 15) is 4.79 Å². The van der Waals surface area contributed by atoms with Gasteiger partial charge in [0.1, 0.15) is 17.5 Å². The summed E-state index contributed by atoms with van der Waals surface area (Å²) >= 11 is 0. The van der Waals surface area contributed by atoms with Gasteiger partial charge in [-0.05, 0) is 48.9 Å². The number of nitrogens with one attached hydrogen (secondary N) is 2. The zero-order valence-electron chi connectivity index (χ0n) is 19.6. The van der Waals surface area contributed by atoms with Crippen LogP contribution in [0.25, 0.3) is 11.4 Å². The number of carbonyl (C=O) groups is 1. The van der Waals surface area contributed by atoms with Crippen LogP contribution in [-0.4, -0.2) is 34.9 Å². The molecule has 35 heavy (non-hydrogen) atoms. The molecular weight excluding hydrogens is 442 g/mol. The molecule has 3 aromatic carbocycles. The van der Waals surface area contributed by atoms with Crippen LogP contribution < -0.4 is 20.1 Å². The highest BCUT2D eigenvalue weighted by Gasteiger charge is 2.34. The number of nitrogens with zero attached hydrogens (tertiary/aromatic N) is 3. The minimum absolute atomic E-state index is 0.217. The first-order chi connectivity index (χ1) is 17.1. The predicted octanol–water partition coefficient (Wildman–Crippen LogP) is 4.89. The van der Waals surface area contributed by atoms with E-state index in [0.717, 1.165) is 16.9 Å². The number of hydrogen-bond acceptors (Lipinski definition) is 6. The van der Waals surface area contributed by atoms with Crippen molar-refractivity contribution in [3.63, 3.8) is 0 Å². The molecule has 2 heterocycles. The van der Waals surface area contributed by atoms with Crippen LogP contribution in [0, 0.1) is 0 Å². The van der Waals surface area contributed by atoms with E-state index in [1.807, 2.05) is 85.8 Å². The van der Waals surface area contributed by atoms with Crippen molar-refractivity contribution in [2.24, 2.45) is 0 Å². The van der Waals surface area contributed by atoms with E-state index < -0.39 is 6.04 Å². The highest BCUT2D eigenvalue weighted by atomic mass is 16.5. The molecule has 1 aromatic heterocycles. The molecule has 0 bridgehead atoms. The fourth-order valence-electron chi connectivity index (χ4n) is 4.14. The van der Waals surface area contributed by atoms with Gasteiger partial charge in [-0.15, -0.1) is 5.10 Å². The molecule has 1 amide bonds. The summed E-state index contributed by atoms with van der Waals surface area (Å²) in [5.41, 5.74) is 3.67. The lowest BCUT2D eigenvalue weighted by Gasteiger charge is -2.28. The molecule has 0 radical (unpaired) electrons. The zero-order chi connectivity index (χ0) is 24.4. The Morgan fingerprint density at radius 3 is 2.40 bits per heavy atom. The standard InChI is InChI=1S/C27H25N5O3/c1-17-23(26(33)29-20-9-5-4-6-10-20)24(18-12-14-21(34-2)15-13-18)32-27(28-17)30-25(31-32)19-8-7-11-22(16-19)35-3/h4-16,24H,1-3H3,(H,29,33)(H,28,30,31). The number of carbonyl (C=O) groups excluding carboxylic acids is 1. The molecule has 1 unspecified atom stereocenters. The molecule has 0 saturated carbocycles. The monoisotopic (exact) mass is 467 g/mol. The van der Waals surface area contributed by atoms with Crippen LogP contribution in [0.4, 0.5) is 11.6 Å². The number of allylic oxidation sites excluding steroid dienone is 1. The van der Waals surface area contributed by atoms with E-state index in [0.29, 0.717) is 34.5 Å². The van der Waals surface area contributed by atoms with Gasteiger partial charge in [0.2, 0.25) is 5.95 Å². The average Bonchev–Trinajstić information content (AvgIpc) is 3.32. The van der Waals surface area contributed by atoms with E-state index in [1.165, 1.54) is 0 Å². The van der Waals surface area contributed by atoms with Crippen LogP contribution in [0.3, 0.4) is 0 Å². The maximum atomic E-state index is 13.5. The summed E-state index contributed by atoms with van der Waals surface area (Å²) in [6, 6.07) is 24.1. The van der Waals surface area contributed by atoms with Crippen LogP contribution in [0.5, 0.6) is 11.5 Å². The summed E-state index contributed by atoms with van der Waals surface area (Å²) in [6.07, 6.45) is 0. The number of fused-ring (bicyclic) bond motifs is 1. The maximum Gasteiger partial charge on any atom is 0.255 e. The van der Waals surface area contributed by atoms with Gasteiger partial charge < -0.3 is 20.1 Å². The van der Waals surface area contributed by atoms with Gasteiger partial charge in [-0.25, -0.2) is 4.68 Å². The van der Waals surface area contributed by atoms with Crippen molar-refractivity contribution in [3.05, 3.63) is 95.7 Å². The number of para-hydroxylation sites is 1. The van der Waals surface area contributed by atoms with E-state index in [2.05, 4.69) is 10.6 Å². The van der Waals surface area contributed by atoms with Crippen molar-refractivity contribution in [1.82, 2.24) is 14.8 Å². The zero-order valence-corrected chi connectivity index (χ0v) is 19.6.